The normalized spacial score (nSPS) is 17.2. The van der Waals surface area contributed by atoms with Gasteiger partial charge in [-0.1, -0.05) is 11.6 Å². The molecule has 0 saturated heterocycles. The Kier molecular flexibility index (Phi) is 5.07. The fourth-order valence-corrected chi connectivity index (χ4v) is 2.80. The largest absolute Gasteiger partial charge is 0.271 e. The van der Waals surface area contributed by atoms with E-state index in [1.807, 2.05) is 0 Å². The minimum Gasteiger partial charge on any atom is -0.271 e. The third-order valence-electron chi connectivity index (χ3n) is 3.48. The average Bonchev–Trinajstić information content (AvgIpc) is 2.43. The number of nitrogens with one attached hydrogen (secondary N) is 1. The second-order valence-corrected chi connectivity index (χ2v) is 5.64. The van der Waals surface area contributed by atoms with Crippen LogP contribution >= 0.6 is 15.9 Å². The summed E-state index contributed by atoms with van der Waals surface area (Å²) in [5.74, 6) is 4.33. The average molecular weight is 331 g/mol. The molecule has 19 heavy (non-hydrogen) atoms. The van der Waals surface area contributed by atoms with Crippen LogP contribution in [0.3, 0.4) is 0 Å². The fourth-order valence-electron chi connectivity index (χ4n) is 2.46. The van der Waals surface area contributed by atoms with Gasteiger partial charge in [0.15, 0.2) is 0 Å². The van der Waals surface area contributed by atoms with Crippen LogP contribution < -0.4 is 11.3 Å². The zero-order chi connectivity index (χ0) is 13.8. The second kappa shape index (κ2) is 6.59. The van der Waals surface area contributed by atoms with Crippen molar-refractivity contribution in [2.75, 3.05) is 0 Å². The molecule has 1 aromatic carbocycles. The molecule has 0 radical (unpaired) electrons. The van der Waals surface area contributed by atoms with Crippen LogP contribution in [0.5, 0.6) is 0 Å². The Balaban J connectivity index is 2.26. The molecule has 1 unspecified atom stereocenters. The van der Waals surface area contributed by atoms with E-state index in [1.54, 1.807) is 0 Å². The summed E-state index contributed by atoms with van der Waals surface area (Å²) in [7, 11) is 0. The fraction of sp³-hybridized carbons (Fsp3) is 0.429. The van der Waals surface area contributed by atoms with Crippen molar-refractivity contribution < 1.29 is 8.78 Å². The molecule has 0 aliphatic heterocycles. The molecule has 104 valence electrons. The van der Waals surface area contributed by atoms with Crippen LogP contribution in [0.1, 0.15) is 43.7 Å². The molecule has 5 heteroatoms. The van der Waals surface area contributed by atoms with Gasteiger partial charge in [-0.2, -0.15) is 0 Å². The number of hydrazine groups is 1. The van der Waals surface area contributed by atoms with Gasteiger partial charge >= 0.3 is 0 Å². The molecule has 0 bridgehead atoms. The predicted molar refractivity (Wildman–Crippen MR) is 75.3 cm³/mol. The summed E-state index contributed by atoms with van der Waals surface area (Å²) >= 11 is 3.08. The lowest BCUT2D eigenvalue weighted by Gasteiger charge is -2.21. The standard InChI is InChI=1S/C14H17BrF2N2/c15-10-6-7-11(16)13(14(10)17)12(19-18)8-9-4-2-1-3-5-9/h4,6-7,12,19H,1-3,5,8,18H2. The lowest BCUT2D eigenvalue weighted by atomic mass is 9.91. The van der Waals surface area contributed by atoms with E-state index in [1.165, 1.54) is 24.1 Å². The van der Waals surface area contributed by atoms with Crippen molar-refractivity contribution in [2.45, 2.75) is 38.1 Å². The van der Waals surface area contributed by atoms with E-state index >= 15 is 0 Å². The molecule has 2 nitrogen and oxygen atoms in total. The zero-order valence-electron chi connectivity index (χ0n) is 10.6. The highest BCUT2D eigenvalue weighted by atomic mass is 79.9. The Bertz CT molecular complexity index is 489. The summed E-state index contributed by atoms with van der Waals surface area (Å²) in [5.41, 5.74) is 3.75. The Morgan fingerprint density at radius 3 is 2.74 bits per heavy atom. The van der Waals surface area contributed by atoms with Crippen molar-refractivity contribution in [3.8, 4) is 0 Å². The third kappa shape index (κ3) is 3.41. The minimum atomic E-state index is -0.584. The van der Waals surface area contributed by atoms with Gasteiger partial charge in [0.2, 0.25) is 0 Å². The summed E-state index contributed by atoms with van der Waals surface area (Å²) in [6.45, 7) is 0. The van der Waals surface area contributed by atoms with Crippen LogP contribution in [0.4, 0.5) is 8.78 Å². The predicted octanol–water partition coefficient (Wildman–Crippen LogP) is 4.12. The summed E-state index contributed by atoms with van der Waals surface area (Å²) in [4.78, 5) is 0. The molecule has 1 aromatic rings. The number of hydrogen-bond donors (Lipinski definition) is 2. The van der Waals surface area contributed by atoms with Crippen molar-refractivity contribution >= 4 is 15.9 Å². The minimum absolute atomic E-state index is 0.00310. The number of allylic oxidation sites excluding steroid dienone is 1. The number of benzene rings is 1. The monoisotopic (exact) mass is 330 g/mol. The van der Waals surface area contributed by atoms with Crippen LogP contribution in [0, 0.1) is 11.6 Å². The maximum absolute atomic E-state index is 14.1. The van der Waals surface area contributed by atoms with Gasteiger partial charge in [-0.15, -0.1) is 0 Å². The van der Waals surface area contributed by atoms with Gasteiger partial charge in [0.05, 0.1) is 10.5 Å². The van der Waals surface area contributed by atoms with Gasteiger partial charge in [-0.3, -0.25) is 11.3 Å². The number of halogens is 3. The lowest BCUT2D eigenvalue weighted by Crippen LogP contribution is -2.30. The molecular weight excluding hydrogens is 314 g/mol. The first-order valence-corrected chi connectivity index (χ1v) is 7.20. The van der Waals surface area contributed by atoms with Gasteiger partial charge in [-0.05, 0) is 60.2 Å². The third-order valence-corrected chi connectivity index (χ3v) is 4.09. The first kappa shape index (κ1) is 14.6. The summed E-state index contributed by atoms with van der Waals surface area (Å²) in [6.07, 6.45) is 7.03. The van der Waals surface area contributed by atoms with E-state index in [2.05, 4.69) is 27.4 Å². The number of rotatable bonds is 4. The lowest BCUT2D eigenvalue weighted by molar-refractivity contribution is 0.462. The van der Waals surface area contributed by atoms with E-state index in [9.17, 15) is 8.78 Å². The summed E-state index contributed by atoms with van der Waals surface area (Å²) < 4.78 is 28.1. The van der Waals surface area contributed by atoms with Gasteiger partial charge in [0.1, 0.15) is 11.6 Å². The molecule has 0 fully saturated rings. The topological polar surface area (TPSA) is 38.0 Å². The van der Waals surface area contributed by atoms with E-state index in [0.29, 0.717) is 6.42 Å². The molecule has 3 N–H and O–H groups in total. The quantitative estimate of drug-likeness (QED) is 0.377. The number of nitrogens with two attached hydrogens (primary N) is 1. The van der Waals surface area contributed by atoms with E-state index < -0.39 is 17.7 Å². The highest BCUT2D eigenvalue weighted by Gasteiger charge is 2.22. The van der Waals surface area contributed by atoms with Crippen LogP contribution in [-0.2, 0) is 0 Å². The van der Waals surface area contributed by atoms with Crippen molar-refractivity contribution in [1.82, 2.24) is 5.43 Å². The smallest absolute Gasteiger partial charge is 0.145 e. The molecule has 1 aliphatic rings. The molecule has 1 atom stereocenters. The SMILES string of the molecule is NNC(CC1=CCCCC1)c1c(F)ccc(Br)c1F. The Hall–Kier alpha value is -0.780. The molecule has 0 heterocycles. The molecule has 0 saturated carbocycles. The van der Waals surface area contributed by atoms with Crippen molar-refractivity contribution in [1.29, 1.82) is 0 Å². The zero-order valence-corrected chi connectivity index (χ0v) is 12.1. The molecular formula is C14H17BrF2N2. The van der Waals surface area contributed by atoms with Crippen molar-refractivity contribution in [2.24, 2.45) is 5.84 Å². The van der Waals surface area contributed by atoms with Crippen LogP contribution in [0.25, 0.3) is 0 Å². The summed E-state index contributed by atoms with van der Waals surface area (Å²) in [6, 6.07) is 2.07. The Morgan fingerprint density at radius 1 is 1.32 bits per heavy atom. The van der Waals surface area contributed by atoms with Crippen LogP contribution in [0.15, 0.2) is 28.3 Å². The Morgan fingerprint density at radius 2 is 2.11 bits per heavy atom. The van der Waals surface area contributed by atoms with Gasteiger partial charge in [0, 0.05) is 5.56 Å². The van der Waals surface area contributed by atoms with E-state index in [0.717, 1.165) is 19.3 Å². The molecule has 0 spiro atoms. The van der Waals surface area contributed by atoms with E-state index in [4.69, 9.17) is 5.84 Å². The maximum Gasteiger partial charge on any atom is 0.145 e. The van der Waals surface area contributed by atoms with Gasteiger partial charge in [0.25, 0.3) is 0 Å². The molecule has 0 aromatic heterocycles. The second-order valence-electron chi connectivity index (χ2n) is 4.79. The first-order chi connectivity index (χ1) is 9.13. The van der Waals surface area contributed by atoms with Gasteiger partial charge < -0.3 is 0 Å². The van der Waals surface area contributed by atoms with Crippen molar-refractivity contribution in [3.63, 3.8) is 0 Å². The molecule has 0 amide bonds. The van der Waals surface area contributed by atoms with Crippen LogP contribution in [0.2, 0.25) is 0 Å². The first-order valence-electron chi connectivity index (χ1n) is 6.41. The van der Waals surface area contributed by atoms with E-state index in [-0.39, 0.29) is 10.0 Å². The maximum atomic E-state index is 14.1. The van der Waals surface area contributed by atoms with Crippen molar-refractivity contribution in [3.05, 3.63) is 45.5 Å². The highest BCUT2D eigenvalue weighted by molar-refractivity contribution is 9.10. The van der Waals surface area contributed by atoms with Crippen LogP contribution in [-0.4, -0.2) is 0 Å². The Labute approximate surface area is 120 Å². The molecule has 1 aliphatic carbocycles. The molecule has 2 rings (SSSR count). The number of hydrogen-bond acceptors (Lipinski definition) is 2. The van der Waals surface area contributed by atoms with Gasteiger partial charge in [-0.25, -0.2) is 8.78 Å². The highest BCUT2D eigenvalue weighted by Crippen LogP contribution is 2.32. The summed E-state index contributed by atoms with van der Waals surface area (Å²) in [5, 5.41) is 0.